The first-order valence-electron chi connectivity index (χ1n) is 11.9. The van der Waals surface area contributed by atoms with Crippen molar-refractivity contribution in [3.05, 3.63) is 101 Å². The number of fused-ring (bicyclic) bond motifs is 1. The molecule has 37 heavy (non-hydrogen) atoms. The van der Waals surface area contributed by atoms with Gasteiger partial charge in [-0.1, -0.05) is 67.1 Å². The summed E-state index contributed by atoms with van der Waals surface area (Å²) in [5, 5.41) is 17.0. The molecule has 2 aromatic heterocycles. The molecule has 0 aliphatic heterocycles. The van der Waals surface area contributed by atoms with Crippen molar-refractivity contribution < 1.29 is 4.79 Å². The van der Waals surface area contributed by atoms with Crippen LogP contribution in [-0.2, 0) is 6.42 Å². The molecule has 0 aliphatic carbocycles. The van der Waals surface area contributed by atoms with E-state index in [1.165, 1.54) is 16.9 Å². The number of benzene rings is 3. The number of anilines is 4. The molecular weight excluding hydrogens is 478 g/mol. The third kappa shape index (κ3) is 4.75. The third-order valence-corrected chi connectivity index (χ3v) is 7.29. The van der Waals surface area contributed by atoms with Gasteiger partial charge in [-0.15, -0.1) is 11.3 Å². The highest BCUT2D eigenvalue weighted by molar-refractivity contribution is 7.24. The van der Waals surface area contributed by atoms with Crippen molar-refractivity contribution >= 4 is 49.7 Å². The summed E-state index contributed by atoms with van der Waals surface area (Å²) in [5.74, 6) is -0.215. The highest BCUT2D eigenvalue weighted by Gasteiger charge is 2.26. The summed E-state index contributed by atoms with van der Waals surface area (Å²) in [4.78, 5) is 18.3. The zero-order valence-corrected chi connectivity index (χ0v) is 21.3. The number of aromatic nitrogens is 1. The highest BCUT2D eigenvalue weighted by Crippen LogP contribution is 2.44. The average molecular weight is 504 g/mol. The molecule has 0 spiro atoms. The lowest BCUT2D eigenvalue weighted by Gasteiger charge is -2.10. The van der Waals surface area contributed by atoms with Crippen molar-refractivity contribution in [3.8, 4) is 17.2 Å². The topological polar surface area (TPSA) is 104 Å². The maximum Gasteiger partial charge on any atom is 0.260 e. The van der Waals surface area contributed by atoms with Crippen LogP contribution in [0.2, 0.25) is 0 Å². The van der Waals surface area contributed by atoms with E-state index in [1.807, 2.05) is 73.7 Å². The van der Waals surface area contributed by atoms with E-state index in [1.54, 1.807) is 0 Å². The summed E-state index contributed by atoms with van der Waals surface area (Å²) in [6.07, 6.45) is 0.938. The van der Waals surface area contributed by atoms with Crippen LogP contribution in [0, 0.1) is 18.3 Å². The van der Waals surface area contributed by atoms with Crippen molar-refractivity contribution in [2.75, 3.05) is 16.4 Å². The van der Waals surface area contributed by atoms with E-state index in [-0.39, 0.29) is 11.7 Å². The summed E-state index contributed by atoms with van der Waals surface area (Å²) in [5.41, 5.74) is 12.8. The van der Waals surface area contributed by atoms with Crippen LogP contribution in [0.15, 0.2) is 78.9 Å². The molecule has 0 aliphatic rings. The fourth-order valence-electron chi connectivity index (χ4n) is 4.19. The van der Waals surface area contributed by atoms with Gasteiger partial charge in [0.25, 0.3) is 5.91 Å². The molecule has 5 rings (SSSR count). The average Bonchev–Trinajstić information content (AvgIpc) is 3.27. The first-order chi connectivity index (χ1) is 18.0. The van der Waals surface area contributed by atoms with Gasteiger partial charge in [-0.05, 0) is 48.7 Å². The molecule has 3 aromatic carbocycles. The van der Waals surface area contributed by atoms with Crippen LogP contribution in [0.4, 0.5) is 22.2 Å². The first-order valence-corrected chi connectivity index (χ1v) is 12.8. The van der Waals surface area contributed by atoms with E-state index >= 15 is 0 Å². The Balaban J connectivity index is 1.71. The van der Waals surface area contributed by atoms with Gasteiger partial charge < -0.3 is 16.4 Å². The Morgan fingerprint density at radius 3 is 2.32 bits per heavy atom. The number of carbonyl (C=O) groups excluding carboxylic acids is 1. The van der Waals surface area contributed by atoms with Crippen LogP contribution in [0.1, 0.15) is 34.0 Å². The normalized spacial score (nSPS) is 10.7. The van der Waals surface area contributed by atoms with E-state index in [4.69, 9.17) is 5.73 Å². The number of pyridine rings is 1. The number of carbonyl (C=O) groups is 1. The zero-order chi connectivity index (χ0) is 25.9. The fourth-order valence-corrected chi connectivity index (χ4v) is 5.42. The molecule has 5 aromatic rings. The number of nitriles is 1. The van der Waals surface area contributed by atoms with Crippen LogP contribution < -0.4 is 16.4 Å². The second-order valence-electron chi connectivity index (χ2n) is 8.70. The predicted octanol–water partition coefficient (Wildman–Crippen LogP) is 7.28. The Morgan fingerprint density at radius 1 is 1.00 bits per heavy atom. The van der Waals surface area contributed by atoms with Crippen LogP contribution in [0.5, 0.6) is 0 Å². The summed E-state index contributed by atoms with van der Waals surface area (Å²) >= 11 is 1.39. The lowest BCUT2D eigenvalue weighted by molar-refractivity contribution is 0.102. The third-order valence-electron chi connectivity index (χ3n) is 6.18. The molecule has 0 atom stereocenters. The number of nitrogens with zero attached hydrogens (tertiary/aromatic N) is 2. The maximum atomic E-state index is 13.7. The summed E-state index contributed by atoms with van der Waals surface area (Å²) < 4.78 is 0.721. The van der Waals surface area contributed by atoms with E-state index in [9.17, 15) is 10.1 Å². The molecule has 0 unspecified atom stereocenters. The molecule has 0 radical (unpaired) electrons. The molecule has 4 N–H and O–H groups in total. The Kier molecular flexibility index (Phi) is 6.59. The first kappa shape index (κ1) is 24.0. The quantitative estimate of drug-likeness (QED) is 0.226. The second-order valence-corrected chi connectivity index (χ2v) is 9.73. The smallest absolute Gasteiger partial charge is 0.260 e. The molecule has 0 saturated heterocycles. The van der Waals surface area contributed by atoms with Crippen molar-refractivity contribution in [1.82, 2.24) is 4.98 Å². The lowest BCUT2D eigenvalue weighted by Crippen LogP contribution is -2.13. The van der Waals surface area contributed by atoms with Gasteiger partial charge in [0.05, 0.1) is 10.2 Å². The summed E-state index contributed by atoms with van der Waals surface area (Å²) in [6, 6.07) is 27.5. The van der Waals surface area contributed by atoms with E-state index in [2.05, 4.69) is 40.7 Å². The number of hydrogen-bond donors (Lipinski definition) is 3. The standard InChI is InChI=1S/C30H25N5OS/c1-3-19-11-15-22(16-12-19)34-30-25(29(36)33-21-13-9-18(2)10-14-21)26-27(37-30)24(20-7-5-4-6-8-20)23(17-31)28(32)35-26/h4-16,34H,3H2,1-2H3,(H2,32,35)(H,33,36). The van der Waals surface area contributed by atoms with Crippen LogP contribution in [-0.4, -0.2) is 10.9 Å². The maximum absolute atomic E-state index is 13.7. The predicted molar refractivity (Wildman–Crippen MR) is 152 cm³/mol. The number of hydrogen-bond acceptors (Lipinski definition) is 6. The highest BCUT2D eigenvalue weighted by atomic mass is 32.1. The monoisotopic (exact) mass is 503 g/mol. The van der Waals surface area contributed by atoms with Gasteiger partial charge in [-0.25, -0.2) is 4.98 Å². The Hall–Kier alpha value is -4.67. The van der Waals surface area contributed by atoms with Gasteiger partial charge in [0.2, 0.25) is 0 Å². The molecule has 0 fully saturated rings. The minimum atomic E-state index is -0.307. The number of rotatable bonds is 6. The van der Waals surface area contributed by atoms with Gasteiger partial charge in [-0.3, -0.25) is 4.79 Å². The summed E-state index contributed by atoms with van der Waals surface area (Å²) in [6.45, 7) is 4.10. The van der Waals surface area contributed by atoms with Crippen LogP contribution in [0.25, 0.3) is 21.3 Å². The number of aryl methyl sites for hydroxylation is 2. The molecule has 0 bridgehead atoms. The van der Waals surface area contributed by atoms with Gasteiger partial charge in [0.1, 0.15) is 28.0 Å². The van der Waals surface area contributed by atoms with E-state index in [0.29, 0.717) is 32.9 Å². The Labute approximate surface area is 219 Å². The summed E-state index contributed by atoms with van der Waals surface area (Å²) in [7, 11) is 0. The SMILES string of the molecule is CCc1ccc(Nc2sc3c(-c4ccccc4)c(C#N)c(N)nc3c2C(=O)Nc2ccc(C)cc2)cc1. The minimum absolute atomic E-state index is 0.0925. The van der Waals surface area contributed by atoms with Gasteiger partial charge in [0, 0.05) is 16.9 Å². The van der Waals surface area contributed by atoms with Crippen molar-refractivity contribution in [2.45, 2.75) is 20.3 Å². The molecule has 1 amide bonds. The van der Waals surface area contributed by atoms with Crippen molar-refractivity contribution in [2.24, 2.45) is 0 Å². The zero-order valence-electron chi connectivity index (χ0n) is 20.5. The van der Waals surface area contributed by atoms with Crippen molar-refractivity contribution in [3.63, 3.8) is 0 Å². The van der Waals surface area contributed by atoms with E-state index < -0.39 is 0 Å². The molecule has 2 heterocycles. The molecule has 182 valence electrons. The number of nitrogen functional groups attached to an aromatic ring is 1. The lowest BCUT2D eigenvalue weighted by atomic mass is 10.00. The largest absolute Gasteiger partial charge is 0.383 e. The molecule has 0 saturated carbocycles. The van der Waals surface area contributed by atoms with Crippen molar-refractivity contribution in [1.29, 1.82) is 5.26 Å². The van der Waals surface area contributed by atoms with Gasteiger partial charge in [0.15, 0.2) is 0 Å². The fraction of sp³-hybridized carbons (Fsp3) is 0.100. The van der Waals surface area contributed by atoms with Gasteiger partial charge >= 0.3 is 0 Å². The second kappa shape index (κ2) is 10.1. The van der Waals surface area contributed by atoms with Gasteiger partial charge in [-0.2, -0.15) is 5.26 Å². The van der Waals surface area contributed by atoms with Crippen LogP contribution >= 0.6 is 11.3 Å². The van der Waals surface area contributed by atoms with Crippen LogP contribution in [0.3, 0.4) is 0 Å². The molecular formula is C30H25N5OS. The number of thiophene rings is 1. The number of nitrogens with one attached hydrogen (secondary N) is 2. The Morgan fingerprint density at radius 2 is 1.68 bits per heavy atom. The molecule has 7 heteroatoms. The molecule has 6 nitrogen and oxygen atoms in total. The number of amides is 1. The Bertz CT molecular complexity index is 1630. The minimum Gasteiger partial charge on any atom is -0.383 e. The number of nitrogens with two attached hydrogens (primary N) is 1. The van der Waals surface area contributed by atoms with E-state index in [0.717, 1.165) is 27.9 Å².